The van der Waals surface area contributed by atoms with Crippen molar-refractivity contribution >= 4 is 28.3 Å². The third kappa shape index (κ3) is 6.85. The lowest BCUT2D eigenvalue weighted by Gasteiger charge is -2.14. The normalized spacial score (nSPS) is 12.8. The number of aliphatic hydroxyl groups is 1. The highest BCUT2D eigenvalue weighted by Gasteiger charge is 2.04. The minimum atomic E-state index is -0.466. The summed E-state index contributed by atoms with van der Waals surface area (Å²) in [5, 5.41) is 12.9. The summed E-state index contributed by atoms with van der Waals surface area (Å²) in [7, 11) is 0. The molecule has 0 radical (unpaired) electrons. The van der Waals surface area contributed by atoms with Gasteiger partial charge < -0.3 is 15.2 Å². The average Bonchev–Trinajstić information content (AvgIpc) is 2.26. The highest BCUT2D eigenvalue weighted by atomic mass is 127. The molecule has 4 heteroatoms. The Morgan fingerprint density at radius 3 is 2.76 bits per heavy atom. The van der Waals surface area contributed by atoms with Crippen LogP contribution in [-0.4, -0.2) is 31.0 Å². The van der Waals surface area contributed by atoms with Crippen LogP contribution in [0.4, 0.5) is 5.69 Å². The van der Waals surface area contributed by atoms with Crippen molar-refractivity contribution in [1.82, 2.24) is 0 Å². The molecule has 0 bridgehead atoms. The van der Waals surface area contributed by atoms with Crippen molar-refractivity contribution in [3.8, 4) is 0 Å². The molecule has 1 aromatic rings. The average molecular weight is 349 g/mol. The number of rotatable bonds is 7. The predicted molar refractivity (Wildman–Crippen MR) is 79.3 cm³/mol. The summed E-state index contributed by atoms with van der Waals surface area (Å²) < 4.78 is 6.56. The van der Waals surface area contributed by atoms with E-state index in [1.54, 1.807) is 0 Å². The summed E-state index contributed by atoms with van der Waals surface area (Å²) in [5.41, 5.74) is 1.03. The molecule has 0 heterocycles. The number of ether oxygens (including phenoxy) is 1. The van der Waals surface area contributed by atoms with Crippen LogP contribution in [0.1, 0.15) is 13.8 Å². The smallest absolute Gasteiger partial charge is 0.0945 e. The van der Waals surface area contributed by atoms with Crippen molar-refractivity contribution in [3.63, 3.8) is 0 Å². The van der Waals surface area contributed by atoms with Gasteiger partial charge in [0.05, 0.1) is 12.7 Å². The van der Waals surface area contributed by atoms with Gasteiger partial charge in [-0.2, -0.15) is 0 Å². The van der Waals surface area contributed by atoms with Gasteiger partial charge >= 0.3 is 0 Å². The first-order valence-electron chi connectivity index (χ1n) is 5.83. The van der Waals surface area contributed by atoms with Gasteiger partial charge in [-0.25, -0.2) is 0 Å². The molecule has 0 saturated heterocycles. The number of halogens is 1. The van der Waals surface area contributed by atoms with Crippen LogP contribution in [0.15, 0.2) is 24.3 Å². The third-order valence-electron chi connectivity index (χ3n) is 2.13. The number of aliphatic hydroxyl groups excluding tert-OH is 1. The molecule has 0 fully saturated rings. The Morgan fingerprint density at radius 1 is 1.35 bits per heavy atom. The summed E-state index contributed by atoms with van der Waals surface area (Å²) in [5.74, 6) is 0.505. The second-order valence-corrected chi connectivity index (χ2v) is 5.72. The minimum absolute atomic E-state index is 0.384. The van der Waals surface area contributed by atoms with E-state index in [0.717, 1.165) is 5.69 Å². The zero-order valence-electron chi connectivity index (χ0n) is 10.3. The van der Waals surface area contributed by atoms with Gasteiger partial charge in [0.15, 0.2) is 0 Å². The Morgan fingerprint density at radius 2 is 2.12 bits per heavy atom. The molecule has 2 N–H and O–H groups in total. The third-order valence-corrected chi connectivity index (χ3v) is 2.80. The first-order chi connectivity index (χ1) is 8.08. The van der Waals surface area contributed by atoms with Crippen molar-refractivity contribution in [1.29, 1.82) is 0 Å². The first kappa shape index (κ1) is 14.7. The maximum absolute atomic E-state index is 9.70. The summed E-state index contributed by atoms with van der Waals surface area (Å²) in [6.07, 6.45) is -0.466. The largest absolute Gasteiger partial charge is 0.389 e. The van der Waals surface area contributed by atoms with E-state index in [-0.39, 0.29) is 0 Å². The van der Waals surface area contributed by atoms with Crippen LogP contribution in [0.5, 0.6) is 0 Å². The van der Waals surface area contributed by atoms with Crippen LogP contribution in [0.2, 0.25) is 0 Å². The van der Waals surface area contributed by atoms with Crippen LogP contribution >= 0.6 is 22.6 Å². The zero-order valence-corrected chi connectivity index (χ0v) is 12.5. The molecule has 1 atom stereocenters. The van der Waals surface area contributed by atoms with Gasteiger partial charge in [-0.1, -0.05) is 19.9 Å². The van der Waals surface area contributed by atoms with Crippen molar-refractivity contribution in [2.24, 2.45) is 5.92 Å². The molecule has 3 nitrogen and oxygen atoms in total. The van der Waals surface area contributed by atoms with Gasteiger partial charge in [0.1, 0.15) is 0 Å². The highest BCUT2D eigenvalue weighted by Crippen LogP contribution is 2.12. The van der Waals surface area contributed by atoms with Gasteiger partial charge in [-0.05, 0) is 46.7 Å². The Balaban J connectivity index is 2.21. The molecule has 0 amide bonds. The van der Waals surface area contributed by atoms with Crippen molar-refractivity contribution in [3.05, 3.63) is 27.8 Å². The van der Waals surface area contributed by atoms with Crippen molar-refractivity contribution < 1.29 is 9.84 Å². The predicted octanol–water partition coefficient (Wildman–Crippen LogP) is 2.74. The molecule has 0 aliphatic carbocycles. The Hall–Kier alpha value is -0.330. The topological polar surface area (TPSA) is 41.5 Å². The summed E-state index contributed by atoms with van der Waals surface area (Å²) >= 11 is 2.27. The van der Waals surface area contributed by atoms with Crippen LogP contribution in [0.3, 0.4) is 0 Å². The lowest BCUT2D eigenvalue weighted by molar-refractivity contribution is 0.0318. The van der Waals surface area contributed by atoms with Gasteiger partial charge in [-0.3, -0.25) is 0 Å². The molecule has 1 aromatic carbocycles. The first-order valence-corrected chi connectivity index (χ1v) is 6.91. The molecule has 0 saturated carbocycles. The Kier molecular flexibility index (Phi) is 6.84. The summed E-state index contributed by atoms with van der Waals surface area (Å²) in [4.78, 5) is 0. The lowest BCUT2D eigenvalue weighted by atomic mass is 10.2. The fourth-order valence-corrected chi connectivity index (χ4v) is 1.88. The van der Waals surface area contributed by atoms with Crippen LogP contribution in [-0.2, 0) is 4.74 Å². The van der Waals surface area contributed by atoms with E-state index in [9.17, 15) is 5.11 Å². The molecule has 0 aliphatic rings. The van der Waals surface area contributed by atoms with E-state index < -0.39 is 6.10 Å². The molecule has 96 valence electrons. The minimum Gasteiger partial charge on any atom is -0.389 e. The molecule has 0 aliphatic heterocycles. The molecular formula is C13H20INO2. The fourth-order valence-electron chi connectivity index (χ4n) is 1.33. The van der Waals surface area contributed by atoms with Gasteiger partial charge in [0, 0.05) is 22.4 Å². The lowest BCUT2D eigenvalue weighted by Crippen LogP contribution is -2.25. The van der Waals surface area contributed by atoms with Crippen LogP contribution in [0, 0.1) is 9.49 Å². The second-order valence-electron chi connectivity index (χ2n) is 4.48. The number of hydrogen-bond donors (Lipinski definition) is 2. The molecular weight excluding hydrogens is 329 g/mol. The van der Waals surface area contributed by atoms with Gasteiger partial charge in [0.25, 0.3) is 0 Å². The van der Waals surface area contributed by atoms with Gasteiger partial charge in [-0.15, -0.1) is 0 Å². The number of hydrogen-bond acceptors (Lipinski definition) is 3. The maximum Gasteiger partial charge on any atom is 0.0945 e. The molecule has 0 aromatic heterocycles. The van der Waals surface area contributed by atoms with E-state index >= 15 is 0 Å². The molecule has 0 spiro atoms. The molecule has 1 rings (SSSR count). The second kappa shape index (κ2) is 7.89. The zero-order chi connectivity index (χ0) is 12.7. The highest BCUT2D eigenvalue weighted by molar-refractivity contribution is 14.1. The SMILES string of the molecule is CC(C)COCC(O)CNc1cccc(I)c1. The van der Waals surface area contributed by atoms with Crippen LogP contribution in [0.25, 0.3) is 0 Å². The Labute approximate surface area is 117 Å². The summed E-state index contributed by atoms with van der Waals surface area (Å²) in [6, 6.07) is 8.06. The van der Waals surface area contributed by atoms with E-state index in [1.807, 2.05) is 24.3 Å². The Bertz CT molecular complexity index is 331. The van der Waals surface area contributed by atoms with Crippen LogP contribution < -0.4 is 5.32 Å². The standard InChI is InChI=1S/C13H20INO2/c1-10(2)8-17-9-13(16)7-15-12-5-3-4-11(14)6-12/h3-6,10,13,15-16H,7-9H2,1-2H3. The van der Waals surface area contributed by atoms with E-state index in [2.05, 4.69) is 41.8 Å². The monoisotopic (exact) mass is 349 g/mol. The summed E-state index contributed by atoms with van der Waals surface area (Å²) in [6.45, 7) is 5.78. The van der Waals surface area contributed by atoms with Crippen molar-refractivity contribution in [2.75, 3.05) is 25.1 Å². The quantitative estimate of drug-likeness (QED) is 0.744. The molecule has 1 unspecified atom stereocenters. The number of benzene rings is 1. The molecule has 17 heavy (non-hydrogen) atoms. The number of anilines is 1. The number of nitrogens with one attached hydrogen (secondary N) is 1. The van der Waals surface area contributed by atoms with E-state index in [0.29, 0.717) is 25.7 Å². The van der Waals surface area contributed by atoms with E-state index in [4.69, 9.17) is 4.74 Å². The van der Waals surface area contributed by atoms with Gasteiger partial charge in [0.2, 0.25) is 0 Å². The fraction of sp³-hybridized carbons (Fsp3) is 0.538. The van der Waals surface area contributed by atoms with Crippen molar-refractivity contribution in [2.45, 2.75) is 20.0 Å². The maximum atomic E-state index is 9.70. The van der Waals surface area contributed by atoms with E-state index in [1.165, 1.54) is 3.57 Å².